The van der Waals surface area contributed by atoms with Crippen molar-refractivity contribution in [1.82, 2.24) is 0 Å². The van der Waals surface area contributed by atoms with Crippen LogP contribution in [0, 0.1) is 32.8 Å². The minimum absolute atomic E-state index is 0.0976. The zero-order valence-electron chi connectivity index (χ0n) is 12.8. The highest BCUT2D eigenvalue weighted by molar-refractivity contribution is 6.34. The molecule has 0 spiro atoms. The number of nitro groups is 1. The van der Waals surface area contributed by atoms with Crippen molar-refractivity contribution in [3.05, 3.63) is 75.3 Å². The molecular weight excluding hydrogens is 320 g/mol. The number of amides is 1. The van der Waals surface area contributed by atoms with Crippen LogP contribution in [-0.4, -0.2) is 10.8 Å². The van der Waals surface area contributed by atoms with Crippen molar-refractivity contribution in [2.75, 3.05) is 4.90 Å². The normalized spacial score (nSPS) is 12.3. The van der Waals surface area contributed by atoms with Crippen molar-refractivity contribution in [1.29, 1.82) is 10.5 Å². The minimum atomic E-state index is -0.583. The molecular formula is C18H10N4O3. The number of nitro benzene ring substituents is 1. The highest BCUT2D eigenvalue weighted by atomic mass is 16.6. The Morgan fingerprint density at radius 2 is 1.80 bits per heavy atom. The molecule has 2 aromatic carbocycles. The summed E-state index contributed by atoms with van der Waals surface area (Å²) in [7, 11) is 0. The van der Waals surface area contributed by atoms with Crippen molar-refractivity contribution in [3.8, 4) is 12.1 Å². The predicted octanol–water partition coefficient (Wildman–Crippen LogP) is 2.94. The zero-order valence-corrected chi connectivity index (χ0v) is 12.8. The Balaban J connectivity index is 2.18. The summed E-state index contributed by atoms with van der Waals surface area (Å²) >= 11 is 0. The smallest absolute Gasteiger partial charge is 0.270 e. The fourth-order valence-corrected chi connectivity index (χ4v) is 2.73. The molecule has 0 aliphatic carbocycles. The summed E-state index contributed by atoms with van der Waals surface area (Å²) < 4.78 is 0. The lowest BCUT2D eigenvalue weighted by Gasteiger charge is -2.17. The zero-order chi connectivity index (χ0) is 18.0. The van der Waals surface area contributed by atoms with Gasteiger partial charge in [0.2, 0.25) is 0 Å². The molecule has 0 aromatic heterocycles. The topological polar surface area (TPSA) is 111 Å². The molecule has 7 heteroatoms. The number of fused-ring (bicyclic) bond motifs is 1. The monoisotopic (exact) mass is 330 g/mol. The third-order valence-corrected chi connectivity index (χ3v) is 3.87. The molecule has 0 saturated carbocycles. The first-order valence-electron chi connectivity index (χ1n) is 7.26. The maximum atomic E-state index is 12.8. The summed E-state index contributed by atoms with van der Waals surface area (Å²) in [5.41, 5.74) is 0.866. The Morgan fingerprint density at radius 3 is 2.40 bits per heavy atom. The van der Waals surface area contributed by atoms with E-state index in [4.69, 9.17) is 10.5 Å². The largest absolute Gasteiger partial charge is 0.303 e. The number of rotatable bonds is 3. The lowest BCUT2D eigenvalue weighted by molar-refractivity contribution is -0.384. The lowest BCUT2D eigenvalue weighted by atomic mass is 10.0. The van der Waals surface area contributed by atoms with Gasteiger partial charge in [0.25, 0.3) is 11.6 Å². The van der Waals surface area contributed by atoms with E-state index in [9.17, 15) is 14.9 Å². The summed E-state index contributed by atoms with van der Waals surface area (Å²) in [4.78, 5) is 24.7. The Bertz CT molecular complexity index is 981. The van der Waals surface area contributed by atoms with Gasteiger partial charge in [0.15, 0.2) is 0 Å². The molecule has 1 aliphatic rings. The standard InChI is InChI=1S/C18H10N4O3/c19-9-13(10-20)17-15-8-14(22(24)25)6-7-16(15)21(18(17)23)11-12-4-2-1-3-5-12/h1-8H,11H2. The molecule has 25 heavy (non-hydrogen) atoms. The minimum Gasteiger partial charge on any atom is -0.303 e. The predicted molar refractivity (Wildman–Crippen MR) is 88.9 cm³/mol. The molecule has 0 N–H and O–H groups in total. The fraction of sp³-hybridized carbons (Fsp3) is 0.0556. The average molecular weight is 330 g/mol. The Hall–Kier alpha value is -3.97. The summed E-state index contributed by atoms with van der Waals surface area (Å²) in [5.74, 6) is -0.516. The molecule has 0 bridgehead atoms. The SMILES string of the molecule is N#CC(C#N)=C1C(=O)N(Cc2ccccc2)c2ccc([N+](=O)[O-])cc21. The highest BCUT2D eigenvalue weighted by Crippen LogP contribution is 2.41. The van der Waals surface area contributed by atoms with E-state index in [2.05, 4.69) is 0 Å². The van der Waals surface area contributed by atoms with Gasteiger partial charge in [-0.2, -0.15) is 10.5 Å². The van der Waals surface area contributed by atoms with Gasteiger partial charge in [0.1, 0.15) is 17.7 Å². The summed E-state index contributed by atoms with van der Waals surface area (Å²) in [5, 5.41) is 29.3. The third-order valence-electron chi connectivity index (χ3n) is 3.87. The fourth-order valence-electron chi connectivity index (χ4n) is 2.73. The van der Waals surface area contributed by atoms with E-state index in [0.717, 1.165) is 5.56 Å². The number of non-ortho nitro benzene ring substituents is 1. The maximum Gasteiger partial charge on any atom is 0.270 e. The molecule has 0 atom stereocenters. The van der Waals surface area contributed by atoms with Gasteiger partial charge in [0, 0.05) is 17.7 Å². The van der Waals surface area contributed by atoms with Crippen LogP contribution in [0.2, 0.25) is 0 Å². The summed E-state index contributed by atoms with van der Waals surface area (Å²) in [6, 6.07) is 16.6. The van der Waals surface area contributed by atoms with Gasteiger partial charge in [-0.15, -0.1) is 0 Å². The molecule has 3 rings (SSSR count). The summed E-state index contributed by atoms with van der Waals surface area (Å²) in [6.45, 7) is 0.234. The Morgan fingerprint density at radius 1 is 1.12 bits per heavy atom. The van der Waals surface area contributed by atoms with Crippen molar-refractivity contribution >= 4 is 22.9 Å². The van der Waals surface area contributed by atoms with Crippen molar-refractivity contribution in [2.24, 2.45) is 0 Å². The van der Waals surface area contributed by atoms with Crippen LogP contribution < -0.4 is 4.90 Å². The van der Waals surface area contributed by atoms with E-state index in [-0.39, 0.29) is 28.9 Å². The second kappa shape index (κ2) is 6.26. The molecule has 0 fully saturated rings. The molecule has 7 nitrogen and oxygen atoms in total. The molecule has 1 aliphatic heterocycles. The van der Waals surface area contributed by atoms with Gasteiger partial charge in [-0.05, 0) is 11.6 Å². The van der Waals surface area contributed by atoms with E-state index in [1.54, 1.807) is 12.1 Å². The number of benzene rings is 2. The van der Waals surface area contributed by atoms with Gasteiger partial charge >= 0.3 is 0 Å². The lowest BCUT2D eigenvalue weighted by Crippen LogP contribution is -2.26. The molecule has 0 saturated heterocycles. The van der Waals surface area contributed by atoms with Crippen LogP contribution in [0.25, 0.3) is 5.57 Å². The quantitative estimate of drug-likeness (QED) is 0.372. The van der Waals surface area contributed by atoms with Crippen LogP contribution in [-0.2, 0) is 11.3 Å². The first-order valence-corrected chi connectivity index (χ1v) is 7.26. The van der Waals surface area contributed by atoms with Crippen LogP contribution in [0.1, 0.15) is 11.1 Å². The van der Waals surface area contributed by atoms with E-state index < -0.39 is 10.8 Å². The molecule has 0 radical (unpaired) electrons. The number of carbonyl (C=O) groups excluding carboxylic acids is 1. The Kier molecular flexibility index (Phi) is 3.99. The van der Waals surface area contributed by atoms with Gasteiger partial charge in [-0.1, -0.05) is 30.3 Å². The van der Waals surface area contributed by atoms with Crippen LogP contribution in [0.15, 0.2) is 54.1 Å². The molecule has 120 valence electrons. The van der Waals surface area contributed by atoms with Gasteiger partial charge in [-0.3, -0.25) is 14.9 Å². The molecule has 1 amide bonds. The van der Waals surface area contributed by atoms with E-state index in [0.29, 0.717) is 5.69 Å². The van der Waals surface area contributed by atoms with Crippen LogP contribution in [0.3, 0.4) is 0 Å². The van der Waals surface area contributed by atoms with E-state index in [1.807, 2.05) is 30.3 Å². The number of nitrogens with zero attached hydrogens (tertiary/aromatic N) is 4. The van der Waals surface area contributed by atoms with Crippen molar-refractivity contribution < 1.29 is 9.72 Å². The number of carbonyl (C=O) groups is 1. The number of hydrogen-bond acceptors (Lipinski definition) is 5. The first-order chi connectivity index (χ1) is 12.1. The van der Waals surface area contributed by atoms with Gasteiger partial charge in [-0.25, -0.2) is 0 Å². The first kappa shape index (κ1) is 15.9. The second-order valence-corrected chi connectivity index (χ2v) is 5.31. The van der Waals surface area contributed by atoms with Crippen LogP contribution in [0.5, 0.6) is 0 Å². The van der Waals surface area contributed by atoms with Gasteiger partial charge in [0.05, 0.1) is 22.7 Å². The average Bonchev–Trinajstić information content (AvgIpc) is 2.89. The highest BCUT2D eigenvalue weighted by Gasteiger charge is 2.36. The van der Waals surface area contributed by atoms with Crippen LogP contribution in [0.4, 0.5) is 11.4 Å². The third kappa shape index (κ3) is 2.71. The van der Waals surface area contributed by atoms with Crippen molar-refractivity contribution in [2.45, 2.75) is 6.54 Å². The molecule has 0 unspecified atom stereocenters. The Labute approximate surface area is 142 Å². The van der Waals surface area contributed by atoms with Crippen molar-refractivity contribution in [3.63, 3.8) is 0 Å². The number of allylic oxidation sites excluding steroid dienone is 1. The molecule has 1 heterocycles. The molecule has 2 aromatic rings. The number of anilines is 1. The van der Waals surface area contributed by atoms with Gasteiger partial charge < -0.3 is 4.90 Å². The van der Waals surface area contributed by atoms with E-state index in [1.165, 1.54) is 23.1 Å². The second-order valence-electron chi connectivity index (χ2n) is 5.31. The number of hydrogen-bond donors (Lipinski definition) is 0. The van der Waals surface area contributed by atoms with E-state index >= 15 is 0 Å². The number of nitriles is 2. The van der Waals surface area contributed by atoms with Crippen LogP contribution >= 0.6 is 0 Å². The maximum absolute atomic E-state index is 12.8. The summed E-state index contributed by atoms with van der Waals surface area (Å²) in [6.07, 6.45) is 0.